The fourth-order valence-electron chi connectivity index (χ4n) is 4.00. The van der Waals surface area contributed by atoms with Gasteiger partial charge >= 0.3 is 0 Å². The molecule has 2 fully saturated rings. The number of para-hydroxylation sites is 1. The van der Waals surface area contributed by atoms with Crippen LogP contribution in [0.5, 0.6) is 0 Å². The number of aryl methyl sites for hydroxylation is 1. The van der Waals surface area contributed by atoms with E-state index in [1.807, 2.05) is 48.9 Å². The summed E-state index contributed by atoms with van der Waals surface area (Å²) in [6, 6.07) is 9.49. The third kappa shape index (κ3) is 3.55. The number of quaternary nitrogens is 1. The lowest BCUT2D eigenvalue weighted by molar-refractivity contribution is -0.907. The quantitative estimate of drug-likeness (QED) is 0.701. The topological polar surface area (TPSA) is 63.8 Å². The van der Waals surface area contributed by atoms with Crippen molar-refractivity contribution in [3.05, 3.63) is 47.3 Å². The largest absolute Gasteiger partial charge is 0.370 e. The maximum atomic E-state index is 13.1. The van der Waals surface area contributed by atoms with Gasteiger partial charge in [0.1, 0.15) is 19.1 Å². The Morgan fingerprint density at radius 1 is 1.25 bits per heavy atom. The van der Waals surface area contributed by atoms with Gasteiger partial charge in [-0.25, -0.2) is 4.68 Å². The molecule has 28 heavy (non-hydrogen) atoms. The average molecular weight is 401 g/mol. The van der Waals surface area contributed by atoms with E-state index in [0.29, 0.717) is 11.7 Å². The highest BCUT2D eigenvalue weighted by Crippen LogP contribution is 2.28. The van der Waals surface area contributed by atoms with Crippen molar-refractivity contribution in [3.63, 3.8) is 0 Å². The average Bonchev–Trinajstić information content (AvgIpc) is 3.16. The van der Waals surface area contributed by atoms with Crippen LogP contribution in [0.1, 0.15) is 23.0 Å². The minimum Gasteiger partial charge on any atom is -0.370 e. The Bertz CT molecular complexity index is 876. The molecule has 2 aliphatic rings. The van der Waals surface area contributed by atoms with Gasteiger partial charge in [-0.3, -0.25) is 9.69 Å². The summed E-state index contributed by atoms with van der Waals surface area (Å²) in [5.41, 5.74) is 3.70. The Labute approximate surface area is 170 Å². The number of ether oxygens (including phenoxy) is 1. The van der Waals surface area contributed by atoms with E-state index in [2.05, 4.69) is 10.4 Å². The van der Waals surface area contributed by atoms with E-state index in [-0.39, 0.29) is 5.91 Å². The highest BCUT2D eigenvalue weighted by atomic mass is 32.1. The van der Waals surface area contributed by atoms with Crippen molar-refractivity contribution < 1.29 is 14.4 Å². The molecule has 1 aromatic carbocycles. The van der Waals surface area contributed by atoms with Crippen molar-refractivity contribution >= 4 is 23.2 Å². The van der Waals surface area contributed by atoms with Gasteiger partial charge in [-0.15, -0.1) is 0 Å². The van der Waals surface area contributed by atoms with E-state index in [9.17, 15) is 4.79 Å². The van der Waals surface area contributed by atoms with Crippen LogP contribution >= 0.6 is 12.2 Å². The normalized spacial score (nSPS) is 20.6. The van der Waals surface area contributed by atoms with Crippen LogP contribution < -0.4 is 10.2 Å². The van der Waals surface area contributed by atoms with Gasteiger partial charge in [0.05, 0.1) is 37.7 Å². The Morgan fingerprint density at radius 2 is 1.96 bits per heavy atom. The molecule has 4 rings (SSSR count). The van der Waals surface area contributed by atoms with Gasteiger partial charge in [0.15, 0.2) is 5.11 Å². The van der Waals surface area contributed by atoms with Crippen LogP contribution in [0.15, 0.2) is 30.3 Å². The molecule has 2 aliphatic heterocycles. The molecule has 2 saturated heterocycles. The predicted octanol–water partition coefficient (Wildman–Crippen LogP) is 0.162. The molecule has 0 radical (unpaired) electrons. The number of morpholine rings is 1. The van der Waals surface area contributed by atoms with Crippen LogP contribution in [0.3, 0.4) is 0 Å². The van der Waals surface area contributed by atoms with Gasteiger partial charge in [0, 0.05) is 11.3 Å². The molecule has 2 aromatic rings. The standard InChI is InChI=1S/C20H25N5O2S/c1-14-17(15(2)25(22-14)16-6-4-3-5-7-16)18-19(26)24(20(28)21-18)9-8-23-10-12-27-13-11-23/h3-7,18H,8-13H2,1-2H3,(H,21,28)/p+1/t18-/m0/s1. The highest BCUT2D eigenvalue weighted by Gasteiger charge is 2.39. The van der Waals surface area contributed by atoms with Gasteiger partial charge in [-0.2, -0.15) is 5.10 Å². The van der Waals surface area contributed by atoms with Crippen LogP contribution in [0.4, 0.5) is 0 Å². The van der Waals surface area contributed by atoms with Crippen LogP contribution in [-0.4, -0.2) is 65.1 Å². The number of carbonyl (C=O) groups excluding carboxylic acids is 1. The van der Waals surface area contributed by atoms with E-state index in [0.717, 1.165) is 55.5 Å². The first-order valence-corrected chi connectivity index (χ1v) is 10.1. The maximum absolute atomic E-state index is 13.1. The Balaban J connectivity index is 1.53. The minimum atomic E-state index is -0.468. The van der Waals surface area contributed by atoms with E-state index < -0.39 is 6.04 Å². The smallest absolute Gasteiger partial charge is 0.256 e. The van der Waals surface area contributed by atoms with E-state index in [1.54, 1.807) is 4.90 Å². The van der Waals surface area contributed by atoms with Crippen molar-refractivity contribution in [3.8, 4) is 5.69 Å². The van der Waals surface area contributed by atoms with Crippen molar-refractivity contribution in [2.75, 3.05) is 39.4 Å². The first kappa shape index (κ1) is 19.0. The van der Waals surface area contributed by atoms with Gasteiger partial charge in [0.25, 0.3) is 5.91 Å². The van der Waals surface area contributed by atoms with Crippen LogP contribution in [-0.2, 0) is 9.53 Å². The Morgan fingerprint density at radius 3 is 2.68 bits per heavy atom. The SMILES string of the molecule is Cc1nn(-c2ccccc2)c(C)c1[C@@H]1NC(=S)N(CC[NH+]2CCOCC2)C1=O. The number of rotatable bonds is 5. The summed E-state index contributed by atoms with van der Waals surface area (Å²) in [6.07, 6.45) is 0. The number of hydrogen-bond donors (Lipinski definition) is 2. The first-order valence-electron chi connectivity index (χ1n) is 9.71. The van der Waals surface area contributed by atoms with Crippen LogP contribution in [0, 0.1) is 13.8 Å². The molecule has 3 heterocycles. The van der Waals surface area contributed by atoms with E-state index in [1.165, 1.54) is 4.90 Å². The fraction of sp³-hybridized carbons (Fsp3) is 0.450. The molecule has 1 aromatic heterocycles. The summed E-state index contributed by atoms with van der Waals surface area (Å²) in [6.45, 7) is 8.98. The van der Waals surface area contributed by atoms with Gasteiger partial charge in [-0.05, 0) is 38.2 Å². The lowest BCUT2D eigenvalue weighted by Crippen LogP contribution is -3.14. The summed E-state index contributed by atoms with van der Waals surface area (Å²) in [7, 11) is 0. The molecule has 1 atom stereocenters. The molecule has 7 nitrogen and oxygen atoms in total. The lowest BCUT2D eigenvalue weighted by Gasteiger charge is -2.25. The summed E-state index contributed by atoms with van der Waals surface area (Å²) < 4.78 is 7.30. The second kappa shape index (κ2) is 7.98. The molecular weight excluding hydrogens is 374 g/mol. The van der Waals surface area contributed by atoms with Crippen LogP contribution in [0.2, 0.25) is 0 Å². The van der Waals surface area contributed by atoms with E-state index >= 15 is 0 Å². The number of nitrogens with zero attached hydrogens (tertiary/aromatic N) is 3. The summed E-state index contributed by atoms with van der Waals surface area (Å²) in [5.74, 6) is 0.0106. The number of hydrogen-bond acceptors (Lipinski definition) is 4. The molecule has 0 unspecified atom stereocenters. The van der Waals surface area contributed by atoms with Crippen molar-refractivity contribution in [2.24, 2.45) is 0 Å². The summed E-state index contributed by atoms with van der Waals surface area (Å²) in [5, 5.41) is 8.41. The van der Waals surface area contributed by atoms with Crippen molar-refractivity contribution in [2.45, 2.75) is 19.9 Å². The molecule has 148 valence electrons. The molecule has 0 saturated carbocycles. The number of nitrogens with one attached hydrogen (secondary N) is 2. The molecule has 0 spiro atoms. The zero-order valence-corrected chi connectivity index (χ0v) is 17.1. The third-order valence-electron chi connectivity index (χ3n) is 5.55. The molecule has 1 amide bonds. The van der Waals surface area contributed by atoms with Gasteiger partial charge < -0.3 is 15.0 Å². The third-order valence-corrected chi connectivity index (χ3v) is 5.89. The number of thiocarbonyl (C=S) groups is 1. The monoisotopic (exact) mass is 400 g/mol. The summed E-state index contributed by atoms with van der Waals surface area (Å²) >= 11 is 5.48. The maximum Gasteiger partial charge on any atom is 0.256 e. The molecule has 8 heteroatoms. The Hall–Kier alpha value is -2.29. The fourth-order valence-corrected chi connectivity index (χ4v) is 4.30. The second-order valence-electron chi connectivity index (χ2n) is 7.32. The number of benzene rings is 1. The zero-order valence-electron chi connectivity index (χ0n) is 16.3. The number of carbonyl (C=O) groups is 1. The lowest BCUT2D eigenvalue weighted by atomic mass is 10.0. The first-order chi connectivity index (χ1) is 13.6. The second-order valence-corrected chi connectivity index (χ2v) is 7.70. The van der Waals surface area contributed by atoms with Gasteiger partial charge in [-0.1, -0.05) is 18.2 Å². The van der Waals surface area contributed by atoms with Crippen molar-refractivity contribution in [1.82, 2.24) is 20.0 Å². The Kier molecular flexibility index (Phi) is 5.43. The number of aromatic nitrogens is 2. The molecular formula is C20H26N5O2S+. The van der Waals surface area contributed by atoms with Crippen LogP contribution in [0.25, 0.3) is 5.69 Å². The minimum absolute atomic E-state index is 0.0106. The zero-order chi connectivity index (χ0) is 19.7. The molecule has 2 N–H and O–H groups in total. The molecule has 0 aliphatic carbocycles. The van der Waals surface area contributed by atoms with Gasteiger partial charge in [0.2, 0.25) is 0 Å². The summed E-state index contributed by atoms with van der Waals surface area (Å²) in [4.78, 5) is 16.3. The highest BCUT2D eigenvalue weighted by molar-refractivity contribution is 7.80. The van der Waals surface area contributed by atoms with Crippen molar-refractivity contribution in [1.29, 1.82) is 0 Å². The number of amides is 1. The van der Waals surface area contributed by atoms with E-state index in [4.69, 9.17) is 17.0 Å². The molecule has 0 bridgehead atoms. The predicted molar refractivity (Wildman–Crippen MR) is 110 cm³/mol.